The fourth-order valence-electron chi connectivity index (χ4n) is 1.45. The minimum atomic E-state index is -3.35. The molecular weight excluding hydrogens is 316 g/mol. The van der Waals surface area contributed by atoms with Crippen molar-refractivity contribution in [2.24, 2.45) is 0 Å². The van der Waals surface area contributed by atoms with E-state index in [0.717, 1.165) is 16.6 Å². The summed E-state index contributed by atoms with van der Waals surface area (Å²) >= 11 is 3.35. The largest absolute Gasteiger partial charge is 0.316 e. The Hall–Kier alpha value is -0.590. The molecule has 102 valence electrons. The molecule has 0 spiro atoms. The molecule has 0 aliphatic rings. The number of halogens is 1. The lowest BCUT2D eigenvalue weighted by Crippen LogP contribution is -2.34. The SMILES string of the molecule is CCNCC(C)S(=O)(=O)Nc1ccc(Br)cc1C. The highest BCUT2D eigenvalue weighted by molar-refractivity contribution is 9.10. The van der Waals surface area contributed by atoms with Gasteiger partial charge in [-0.25, -0.2) is 8.42 Å². The van der Waals surface area contributed by atoms with Crippen LogP contribution < -0.4 is 10.0 Å². The Morgan fingerprint density at radius 1 is 1.39 bits per heavy atom. The van der Waals surface area contributed by atoms with Crippen molar-refractivity contribution in [1.82, 2.24) is 5.32 Å². The highest BCUT2D eigenvalue weighted by atomic mass is 79.9. The highest BCUT2D eigenvalue weighted by Crippen LogP contribution is 2.21. The van der Waals surface area contributed by atoms with E-state index in [0.29, 0.717) is 12.2 Å². The number of nitrogens with one attached hydrogen (secondary N) is 2. The van der Waals surface area contributed by atoms with Crippen LogP contribution in [0.15, 0.2) is 22.7 Å². The molecule has 0 saturated heterocycles. The summed E-state index contributed by atoms with van der Waals surface area (Å²) in [6.45, 7) is 6.72. The second kappa shape index (κ2) is 6.54. The van der Waals surface area contributed by atoms with Crippen molar-refractivity contribution in [3.63, 3.8) is 0 Å². The second-order valence-corrected chi connectivity index (χ2v) is 7.24. The van der Waals surface area contributed by atoms with Crippen LogP contribution in [0.4, 0.5) is 5.69 Å². The van der Waals surface area contributed by atoms with Gasteiger partial charge in [0.25, 0.3) is 0 Å². The van der Waals surface area contributed by atoms with Crippen molar-refractivity contribution >= 4 is 31.6 Å². The molecule has 0 aliphatic carbocycles. The van der Waals surface area contributed by atoms with Crippen LogP contribution in [0.3, 0.4) is 0 Å². The monoisotopic (exact) mass is 334 g/mol. The third kappa shape index (κ3) is 4.26. The summed E-state index contributed by atoms with van der Waals surface area (Å²) in [6.07, 6.45) is 0. The van der Waals surface area contributed by atoms with E-state index < -0.39 is 15.3 Å². The maximum atomic E-state index is 12.1. The molecule has 2 N–H and O–H groups in total. The molecule has 0 fully saturated rings. The van der Waals surface area contributed by atoms with E-state index in [1.807, 2.05) is 26.0 Å². The number of hydrogen-bond acceptors (Lipinski definition) is 3. The molecule has 0 amide bonds. The molecular formula is C12H19BrN2O2S. The first kappa shape index (κ1) is 15.5. The first-order chi connectivity index (χ1) is 8.36. The van der Waals surface area contributed by atoms with E-state index >= 15 is 0 Å². The summed E-state index contributed by atoms with van der Waals surface area (Å²) in [6, 6.07) is 5.46. The van der Waals surface area contributed by atoms with Crippen LogP contribution in [0.25, 0.3) is 0 Å². The number of benzene rings is 1. The van der Waals surface area contributed by atoms with Gasteiger partial charge in [0.2, 0.25) is 10.0 Å². The van der Waals surface area contributed by atoms with E-state index in [9.17, 15) is 8.42 Å². The van der Waals surface area contributed by atoms with Crippen molar-refractivity contribution < 1.29 is 8.42 Å². The van der Waals surface area contributed by atoms with Crippen molar-refractivity contribution in [1.29, 1.82) is 0 Å². The predicted molar refractivity (Wildman–Crippen MR) is 79.4 cm³/mol. The van der Waals surface area contributed by atoms with E-state index in [-0.39, 0.29) is 0 Å². The van der Waals surface area contributed by atoms with Crippen LogP contribution in [-0.4, -0.2) is 26.8 Å². The van der Waals surface area contributed by atoms with E-state index in [1.54, 1.807) is 13.0 Å². The van der Waals surface area contributed by atoms with Crippen LogP contribution in [0, 0.1) is 6.92 Å². The molecule has 1 aromatic carbocycles. The molecule has 6 heteroatoms. The average Bonchev–Trinajstić information content (AvgIpc) is 2.29. The van der Waals surface area contributed by atoms with Crippen molar-refractivity contribution in [2.75, 3.05) is 17.8 Å². The van der Waals surface area contributed by atoms with Crippen LogP contribution >= 0.6 is 15.9 Å². The van der Waals surface area contributed by atoms with Crippen LogP contribution in [0.2, 0.25) is 0 Å². The zero-order valence-electron chi connectivity index (χ0n) is 10.8. The molecule has 4 nitrogen and oxygen atoms in total. The molecule has 1 unspecified atom stereocenters. The lowest BCUT2D eigenvalue weighted by molar-refractivity contribution is 0.579. The molecule has 0 heterocycles. The van der Waals surface area contributed by atoms with Gasteiger partial charge in [-0.1, -0.05) is 22.9 Å². The Balaban J connectivity index is 2.82. The molecule has 1 atom stereocenters. The second-order valence-electron chi connectivity index (χ2n) is 4.22. The maximum Gasteiger partial charge on any atom is 0.236 e. The number of hydrogen-bond donors (Lipinski definition) is 2. The van der Waals surface area contributed by atoms with Crippen molar-refractivity contribution in [3.05, 3.63) is 28.2 Å². The van der Waals surface area contributed by atoms with Gasteiger partial charge >= 0.3 is 0 Å². The topological polar surface area (TPSA) is 58.2 Å². The highest BCUT2D eigenvalue weighted by Gasteiger charge is 2.20. The third-order valence-corrected chi connectivity index (χ3v) is 4.88. The molecule has 0 radical (unpaired) electrons. The van der Waals surface area contributed by atoms with E-state index in [2.05, 4.69) is 26.0 Å². The van der Waals surface area contributed by atoms with Gasteiger partial charge in [-0.15, -0.1) is 0 Å². The summed E-state index contributed by atoms with van der Waals surface area (Å²) in [5.41, 5.74) is 1.52. The fraction of sp³-hybridized carbons (Fsp3) is 0.500. The number of sulfonamides is 1. The Morgan fingerprint density at radius 2 is 2.06 bits per heavy atom. The van der Waals surface area contributed by atoms with Gasteiger partial charge in [-0.3, -0.25) is 4.72 Å². The summed E-state index contributed by atoms with van der Waals surface area (Å²) in [5, 5.41) is 2.57. The Labute approximate surface area is 117 Å². The lowest BCUT2D eigenvalue weighted by Gasteiger charge is -2.16. The zero-order chi connectivity index (χ0) is 13.8. The summed E-state index contributed by atoms with van der Waals surface area (Å²) in [7, 11) is -3.35. The molecule has 18 heavy (non-hydrogen) atoms. The predicted octanol–water partition coefficient (Wildman–Crippen LogP) is 2.50. The van der Waals surface area contributed by atoms with Crippen LogP contribution in [0.5, 0.6) is 0 Å². The molecule has 1 aromatic rings. The summed E-state index contributed by atoms with van der Waals surface area (Å²) in [5.74, 6) is 0. The van der Waals surface area contributed by atoms with Gasteiger partial charge in [0.05, 0.1) is 10.9 Å². The van der Waals surface area contributed by atoms with E-state index in [4.69, 9.17) is 0 Å². The van der Waals surface area contributed by atoms with Gasteiger partial charge < -0.3 is 5.32 Å². The van der Waals surface area contributed by atoms with Crippen molar-refractivity contribution in [2.45, 2.75) is 26.0 Å². The Bertz CT molecular complexity index is 503. The Morgan fingerprint density at radius 3 is 2.61 bits per heavy atom. The standard InChI is InChI=1S/C12H19BrN2O2S/c1-4-14-8-10(3)18(16,17)15-12-6-5-11(13)7-9(12)2/h5-7,10,14-15H,4,8H2,1-3H3. The molecule has 0 aromatic heterocycles. The molecule has 0 saturated carbocycles. The number of aryl methyl sites for hydroxylation is 1. The van der Waals surface area contributed by atoms with Gasteiger partial charge in [0, 0.05) is 11.0 Å². The first-order valence-corrected chi connectivity index (χ1v) is 8.19. The minimum absolute atomic E-state index is 0.446. The molecule has 1 rings (SSSR count). The summed E-state index contributed by atoms with van der Waals surface area (Å²) < 4.78 is 27.7. The first-order valence-electron chi connectivity index (χ1n) is 5.85. The smallest absolute Gasteiger partial charge is 0.236 e. The third-order valence-electron chi connectivity index (χ3n) is 2.65. The van der Waals surface area contributed by atoms with Gasteiger partial charge in [-0.2, -0.15) is 0 Å². The van der Waals surface area contributed by atoms with Crippen molar-refractivity contribution in [3.8, 4) is 0 Å². The maximum absolute atomic E-state index is 12.1. The summed E-state index contributed by atoms with van der Waals surface area (Å²) in [4.78, 5) is 0. The van der Waals surface area contributed by atoms with Gasteiger partial charge in [0.15, 0.2) is 0 Å². The number of rotatable bonds is 6. The quantitative estimate of drug-likeness (QED) is 0.840. The van der Waals surface area contributed by atoms with Crippen LogP contribution in [0.1, 0.15) is 19.4 Å². The number of anilines is 1. The fourth-order valence-corrected chi connectivity index (χ4v) is 3.00. The average molecular weight is 335 g/mol. The van der Waals surface area contributed by atoms with E-state index in [1.165, 1.54) is 0 Å². The lowest BCUT2D eigenvalue weighted by atomic mass is 10.2. The zero-order valence-corrected chi connectivity index (χ0v) is 13.2. The molecule has 0 bridgehead atoms. The van der Waals surface area contributed by atoms with Crippen LogP contribution in [-0.2, 0) is 10.0 Å². The Kier molecular flexibility index (Phi) is 5.62. The minimum Gasteiger partial charge on any atom is -0.316 e. The molecule has 0 aliphatic heterocycles. The van der Waals surface area contributed by atoms with Gasteiger partial charge in [-0.05, 0) is 44.2 Å². The van der Waals surface area contributed by atoms with Gasteiger partial charge in [0.1, 0.15) is 0 Å². The normalized spacial score (nSPS) is 13.3.